The Morgan fingerprint density at radius 1 is 1.12 bits per heavy atom. The molecule has 0 radical (unpaired) electrons. The number of fused-ring (bicyclic) bond motifs is 3. The van der Waals surface area contributed by atoms with E-state index in [9.17, 15) is 34.8 Å². The minimum atomic E-state index is -2.61. The number of hydrogen-bond acceptors (Lipinski definition) is 7. The van der Waals surface area contributed by atoms with E-state index in [4.69, 9.17) is 0 Å². The minimum absolute atomic E-state index is 0.0426. The van der Waals surface area contributed by atoms with Gasteiger partial charge in [-0.25, -0.2) is 0 Å². The monoisotopic (exact) mass is 558 g/mol. The van der Waals surface area contributed by atoms with E-state index < -0.39 is 51.0 Å². The minimum Gasteiger partial charge on any atom is -0.511 e. The molecule has 7 heteroatoms. The molecule has 4 aliphatic rings. The molecule has 0 spiro atoms. The van der Waals surface area contributed by atoms with Gasteiger partial charge in [0.2, 0.25) is 5.78 Å². The van der Waals surface area contributed by atoms with E-state index >= 15 is 0 Å². The van der Waals surface area contributed by atoms with Crippen molar-refractivity contribution in [2.24, 2.45) is 22.7 Å². The van der Waals surface area contributed by atoms with Crippen LogP contribution in [-0.2, 0) is 16.0 Å². The lowest BCUT2D eigenvalue weighted by molar-refractivity contribution is -0.171. The van der Waals surface area contributed by atoms with E-state index in [2.05, 4.69) is 19.1 Å². The van der Waals surface area contributed by atoms with Crippen LogP contribution in [0.4, 0.5) is 0 Å². The smallest absolute Gasteiger partial charge is 0.209 e. The molecule has 0 aliphatic heterocycles. The number of aliphatic hydroxyl groups is 3. The van der Waals surface area contributed by atoms with Crippen LogP contribution in [0.2, 0.25) is 0 Å². The topological polar surface area (TPSA) is 132 Å². The molecule has 5 rings (SSSR count). The average Bonchev–Trinajstić information content (AvgIpc) is 3.33. The molecule has 1 aromatic carbocycles. The van der Waals surface area contributed by atoms with Crippen molar-refractivity contribution in [1.82, 2.24) is 0 Å². The Balaban J connectivity index is 1.72. The molecule has 0 aromatic heterocycles. The van der Waals surface area contributed by atoms with Gasteiger partial charge in [0.1, 0.15) is 22.8 Å². The lowest BCUT2D eigenvalue weighted by Crippen LogP contribution is -2.67. The van der Waals surface area contributed by atoms with Crippen molar-refractivity contribution in [3.8, 4) is 5.75 Å². The van der Waals surface area contributed by atoms with Gasteiger partial charge < -0.3 is 20.4 Å². The van der Waals surface area contributed by atoms with E-state index in [0.29, 0.717) is 12.0 Å². The molecule has 4 aliphatic carbocycles. The zero-order valence-corrected chi connectivity index (χ0v) is 24.5. The van der Waals surface area contributed by atoms with Crippen molar-refractivity contribution >= 4 is 22.9 Å². The molecule has 216 valence electrons. The van der Waals surface area contributed by atoms with Crippen molar-refractivity contribution in [2.45, 2.75) is 72.8 Å². The Kier molecular flexibility index (Phi) is 6.61. The van der Waals surface area contributed by atoms with Gasteiger partial charge in [-0.05, 0) is 66.9 Å². The van der Waals surface area contributed by atoms with Gasteiger partial charge in [-0.15, -0.1) is 0 Å². The fourth-order valence-corrected chi connectivity index (χ4v) is 8.15. The maximum atomic E-state index is 14.2. The molecule has 7 nitrogen and oxygen atoms in total. The number of benzene rings is 1. The number of aromatic hydroxyl groups is 1. The lowest BCUT2D eigenvalue weighted by Gasteiger charge is -2.59. The largest absolute Gasteiger partial charge is 0.511 e. The highest BCUT2D eigenvalue weighted by Crippen LogP contribution is 2.65. The molecular formula is C34H38O7. The van der Waals surface area contributed by atoms with E-state index in [1.54, 1.807) is 13.0 Å². The second-order valence-electron chi connectivity index (χ2n) is 12.9. The van der Waals surface area contributed by atoms with Gasteiger partial charge in [-0.3, -0.25) is 14.4 Å². The SMILES string of the molecule is CC/C=C/C1=CC=C(c2ccc(O)c3c2C[C@]2(C)C[C@]4(C)C(C(C)C)C(O)=C(C(C)=O)C(=O)[C@]4(O)C(O)=C2C3=O)C1. The molecule has 0 amide bonds. The summed E-state index contributed by atoms with van der Waals surface area (Å²) in [6, 6.07) is 3.27. The number of phenols is 1. The van der Waals surface area contributed by atoms with E-state index in [1.165, 1.54) is 6.07 Å². The highest BCUT2D eigenvalue weighted by Gasteiger charge is 2.71. The number of carbonyl (C=O) groups is 3. The summed E-state index contributed by atoms with van der Waals surface area (Å²) in [4.78, 5) is 40.5. The first-order chi connectivity index (χ1) is 19.1. The normalized spacial score (nSPS) is 31.4. The van der Waals surface area contributed by atoms with Gasteiger partial charge in [0.25, 0.3) is 0 Å². The maximum Gasteiger partial charge on any atom is 0.209 e. The Bertz CT molecular complexity index is 1560. The lowest BCUT2D eigenvalue weighted by atomic mass is 9.44. The Morgan fingerprint density at radius 3 is 2.41 bits per heavy atom. The van der Waals surface area contributed by atoms with Crippen LogP contribution in [0.3, 0.4) is 0 Å². The molecule has 0 saturated carbocycles. The van der Waals surface area contributed by atoms with Crippen LogP contribution in [-0.4, -0.2) is 43.4 Å². The molecule has 1 aromatic rings. The number of ketones is 3. The predicted molar refractivity (Wildman–Crippen MR) is 155 cm³/mol. The summed E-state index contributed by atoms with van der Waals surface area (Å²) in [5, 5.41) is 46.1. The Labute approximate surface area is 240 Å². The third-order valence-electron chi connectivity index (χ3n) is 9.70. The van der Waals surface area contributed by atoms with Gasteiger partial charge in [0.05, 0.1) is 5.56 Å². The second-order valence-corrected chi connectivity index (χ2v) is 12.9. The number of phenolic OH excluding ortho intramolecular Hbond substituents is 1. The van der Waals surface area contributed by atoms with Gasteiger partial charge in [-0.1, -0.05) is 65.0 Å². The van der Waals surface area contributed by atoms with Gasteiger partial charge in [0.15, 0.2) is 17.2 Å². The number of carbonyl (C=O) groups excluding carboxylic acids is 3. The fraction of sp³-hybridized carbons (Fsp3) is 0.441. The zero-order chi connectivity index (χ0) is 30.2. The number of Topliss-reactive ketones (excluding diaryl/α,β-unsaturated/α-hetero) is 3. The fourth-order valence-electron chi connectivity index (χ4n) is 8.15. The molecule has 0 fully saturated rings. The third kappa shape index (κ3) is 3.78. The summed E-state index contributed by atoms with van der Waals surface area (Å²) < 4.78 is 0. The molecule has 0 bridgehead atoms. The van der Waals surface area contributed by atoms with Crippen LogP contribution in [0.15, 0.2) is 64.7 Å². The first kappa shape index (κ1) is 28.8. The van der Waals surface area contributed by atoms with Gasteiger partial charge >= 0.3 is 0 Å². The first-order valence-corrected chi connectivity index (χ1v) is 14.3. The quantitative estimate of drug-likeness (QED) is 0.325. The van der Waals surface area contributed by atoms with Crippen molar-refractivity contribution in [2.75, 3.05) is 0 Å². The molecule has 1 unspecified atom stereocenters. The van der Waals surface area contributed by atoms with Crippen molar-refractivity contribution < 1.29 is 34.8 Å². The third-order valence-corrected chi connectivity index (χ3v) is 9.70. The summed E-state index contributed by atoms with van der Waals surface area (Å²) in [5.74, 6) is -5.09. The summed E-state index contributed by atoms with van der Waals surface area (Å²) in [6.45, 7) is 10.3. The van der Waals surface area contributed by atoms with Crippen LogP contribution >= 0.6 is 0 Å². The van der Waals surface area contributed by atoms with Crippen LogP contribution in [0.5, 0.6) is 5.75 Å². The van der Waals surface area contributed by atoms with Crippen LogP contribution in [0.1, 0.15) is 82.3 Å². The van der Waals surface area contributed by atoms with Crippen molar-refractivity contribution in [3.63, 3.8) is 0 Å². The van der Waals surface area contributed by atoms with Gasteiger partial charge in [0, 0.05) is 22.3 Å². The Morgan fingerprint density at radius 2 is 1.80 bits per heavy atom. The van der Waals surface area contributed by atoms with Crippen molar-refractivity contribution in [1.29, 1.82) is 0 Å². The number of rotatable bonds is 5. The highest BCUT2D eigenvalue weighted by molar-refractivity contribution is 6.25. The Hall–Kier alpha value is -3.71. The summed E-state index contributed by atoms with van der Waals surface area (Å²) in [7, 11) is 0. The highest BCUT2D eigenvalue weighted by atomic mass is 16.3. The number of hydrogen-bond donors (Lipinski definition) is 4. The molecular weight excluding hydrogens is 520 g/mol. The molecule has 0 saturated heterocycles. The van der Waals surface area contributed by atoms with Gasteiger partial charge in [-0.2, -0.15) is 0 Å². The first-order valence-electron chi connectivity index (χ1n) is 14.3. The van der Waals surface area contributed by atoms with Crippen LogP contribution in [0, 0.1) is 22.7 Å². The summed E-state index contributed by atoms with van der Waals surface area (Å²) in [5.41, 5.74) is -2.13. The predicted octanol–water partition coefficient (Wildman–Crippen LogP) is 6.03. The molecule has 41 heavy (non-hydrogen) atoms. The second kappa shape index (κ2) is 9.41. The van der Waals surface area contributed by atoms with Crippen molar-refractivity contribution in [3.05, 3.63) is 81.4 Å². The molecule has 4 atom stereocenters. The standard InChI is InChI=1S/C34H38O7/c1-7-8-9-19-10-11-20(14-19)21-12-13-23(36)25-22(21)15-32(5)16-33(6)26(17(2)3)28(37)24(18(4)35)30(39)34(33,41)31(40)27(32)29(25)38/h8-13,17,26,36-37,40-41H,7,14-16H2,1-6H3/b9-8+/t26?,32-,33-,34+/m1/s1. The summed E-state index contributed by atoms with van der Waals surface area (Å²) >= 11 is 0. The van der Waals surface area contributed by atoms with E-state index in [0.717, 1.165) is 30.1 Å². The summed E-state index contributed by atoms with van der Waals surface area (Å²) in [6.07, 6.45) is 10.1. The van der Waals surface area contributed by atoms with E-state index in [1.807, 2.05) is 32.9 Å². The average molecular weight is 559 g/mol. The molecule has 0 heterocycles. The van der Waals surface area contributed by atoms with Crippen LogP contribution in [0.25, 0.3) is 5.57 Å². The number of aliphatic hydroxyl groups excluding tert-OH is 2. The zero-order valence-electron chi connectivity index (χ0n) is 24.5. The maximum absolute atomic E-state index is 14.2. The molecule has 4 N–H and O–H groups in total. The van der Waals surface area contributed by atoms with E-state index in [-0.39, 0.29) is 41.4 Å². The van der Waals surface area contributed by atoms with Crippen LogP contribution < -0.4 is 0 Å². The number of allylic oxidation sites excluding steroid dienone is 8.